The van der Waals surface area contributed by atoms with Crippen molar-refractivity contribution in [3.05, 3.63) is 116 Å². The van der Waals surface area contributed by atoms with Crippen molar-refractivity contribution in [1.82, 2.24) is 29.6 Å². The van der Waals surface area contributed by atoms with Crippen LogP contribution in [-0.4, -0.2) is 41.3 Å². The summed E-state index contributed by atoms with van der Waals surface area (Å²) in [6, 6.07) is 8.45. The third-order valence-corrected chi connectivity index (χ3v) is 6.90. The summed E-state index contributed by atoms with van der Waals surface area (Å²) in [5, 5.41) is 17.4. The molecule has 0 spiro atoms. The van der Waals surface area contributed by atoms with Gasteiger partial charge in [0.15, 0.2) is 0 Å². The molecule has 0 radical (unpaired) electrons. The van der Waals surface area contributed by atoms with E-state index in [9.17, 15) is 19.5 Å². The zero-order valence-corrected chi connectivity index (χ0v) is 22.8. The van der Waals surface area contributed by atoms with E-state index < -0.39 is 24.0 Å². The minimum atomic E-state index is -1.21. The summed E-state index contributed by atoms with van der Waals surface area (Å²) in [6.07, 6.45) is 11.4. The Morgan fingerprint density at radius 2 is 1.85 bits per heavy atom. The van der Waals surface area contributed by atoms with Gasteiger partial charge in [-0.1, -0.05) is 35.9 Å². The normalized spacial score (nSPS) is 12.9. The molecule has 0 atom stereocenters. The molecule has 0 saturated carbocycles. The van der Waals surface area contributed by atoms with Gasteiger partial charge in [-0.3, -0.25) is 19.1 Å². The predicted molar refractivity (Wildman–Crippen MR) is 154 cm³/mol. The number of hydrogen-bond donors (Lipinski definition) is 3. The number of nitrogens with zero attached hydrogens (tertiary/aromatic N) is 5. The number of rotatable bonds is 7. The largest absolute Gasteiger partial charge is 0.480 e. The van der Waals surface area contributed by atoms with Crippen LogP contribution in [-0.2, 0) is 31.4 Å². The topological polar surface area (TPSA) is 158 Å². The highest BCUT2D eigenvalue weighted by Crippen LogP contribution is 2.36. The molecule has 5 rings (SSSR count). The maximum absolute atomic E-state index is 13.6. The van der Waals surface area contributed by atoms with Gasteiger partial charge in [-0.25, -0.2) is 9.97 Å². The number of anilines is 1. The van der Waals surface area contributed by atoms with Gasteiger partial charge in [0.2, 0.25) is 5.95 Å². The molecule has 41 heavy (non-hydrogen) atoms. The van der Waals surface area contributed by atoms with Crippen molar-refractivity contribution in [2.45, 2.75) is 25.9 Å². The number of carboxylic acid groups (broad SMARTS) is 1. The fourth-order valence-electron chi connectivity index (χ4n) is 4.76. The van der Waals surface area contributed by atoms with Crippen LogP contribution in [0.3, 0.4) is 0 Å². The summed E-state index contributed by atoms with van der Waals surface area (Å²) < 4.78 is 2.82. The van der Waals surface area contributed by atoms with Gasteiger partial charge in [-0.2, -0.15) is 5.10 Å². The number of nitrogen functional groups attached to an aromatic ring is 1. The molecule has 0 fully saturated rings. The van der Waals surface area contributed by atoms with Crippen LogP contribution in [0.2, 0.25) is 5.02 Å². The van der Waals surface area contributed by atoms with Crippen LogP contribution in [0.1, 0.15) is 44.7 Å². The van der Waals surface area contributed by atoms with Gasteiger partial charge in [0.1, 0.15) is 12.1 Å². The van der Waals surface area contributed by atoms with Crippen LogP contribution in [0.25, 0.3) is 11.1 Å². The lowest BCUT2D eigenvalue weighted by Crippen LogP contribution is -2.36. The summed E-state index contributed by atoms with van der Waals surface area (Å²) in [5.41, 5.74) is 9.34. The summed E-state index contributed by atoms with van der Waals surface area (Å²) in [4.78, 5) is 47.3. The highest BCUT2D eigenvalue weighted by Gasteiger charge is 2.26. The first-order chi connectivity index (χ1) is 19.7. The van der Waals surface area contributed by atoms with Gasteiger partial charge in [0.05, 0.1) is 6.20 Å². The number of carbonyl (C=O) groups excluding carboxylic acids is 1. The Balaban J connectivity index is 1.74. The first-order valence-electron chi connectivity index (χ1n) is 12.7. The van der Waals surface area contributed by atoms with Gasteiger partial charge in [-0.15, -0.1) is 0 Å². The molecular formula is C29H26ClN7O4. The van der Waals surface area contributed by atoms with Gasteiger partial charge < -0.3 is 20.7 Å². The molecule has 11 nitrogen and oxygen atoms in total. The lowest BCUT2D eigenvalue weighted by atomic mass is 9.87. The fourth-order valence-corrected chi connectivity index (χ4v) is 4.89. The second-order valence-electron chi connectivity index (χ2n) is 9.47. The fraction of sp³-hybridized carbons (Fsp3) is 0.172. The van der Waals surface area contributed by atoms with Crippen LogP contribution in [0.15, 0.2) is 72.1 Å². The Bertz CT molecular complexity index is 1750. The van der Waals surface area contributed by atoms with Crippen molar-refractivity contribution in [3.63, 3.8) is 0 Å². The summed E-state index contributed by atoms with van der Waals surface area (Å²) >= 11 is 5.96. The molecule has 3 heterocycles. The van der Waals surface area contributed by atoms with Crippen molar-refractivity contribution < 1.29 is 14.7 Å². The van der Waals surface area contributed by atoms with Crippen LogP contribution in [0, 0.1) is 0 Å². The molecule has 1 aliphatic carbocycles. The van der Waals surface area contributed by atoms with E-state index in [0.717, 1.165) is 21.3 Å². The van der Waals surface area contributed by atoms with E-state index in [-0.39, 0.29) is 18.1 Å². The third-order valence-electron chi connectivity index (χ3n) is 6.65. The Morgan fingerprint density at radius 1 is 1.12 bits per heavy atom. The van der Waals surface area contributed by atoms with E-state index in [4.69, 9.17) is 17.3 Å². The zero-order chi connectivity index (χ0) is 29.1. The number of hydrogen-bond acceptors (Lipinski definition) is 7. The number of carboxylic acids is 1. The van der Waals surface area contributed by atoms with Crippen LogP contribution in [0.5, 0.6) is 0 Å². The van der Waals surface area contributed by atoms with Crippen molar-refractivity contribution in [1.29, 1.82) is 0 Å². The van der Waals surface area contributed by atoms with Crippen molar-refractivity contribution in [2.75, 3.05) is 5.73 Å². The number of aryl methyl sites for hydroxylation is 1. The summed E-state index contributed by atoms with van der Waals surface area (Å²) in [5.74, 6) is -1.77. The number of nitrogens with one attached hydrogen (secondary N) is 1. The molecule has 0 unspecified atom stereocenters. The number of pyridine rings is 1. The second-order valence-corrected chi connectivity index (χ2v) is 9.91. The van der Waals surface area contributed by atoms with Gasteiger partial charge in [-0.05, 0) is 42.2 Å². The number of aromatic nitrogens is 5. The first kappa shape index (κ1) is 27.5. The molecule has 12 heteroatoms. The second kappa shape index (κ2) is 11.6. The molecule has 0 bridgehead atoms. The number of allylic oxidation sites excluding steroid dienone is 3. The number of fused-ring (bicyclic) bond motifs is 1. The quantitative estimate of drug-likeness (QED) is 0.305. The molecule has 1 aromatic carbocycles. The Kier molecular flexibility index (Phi) is 7.79. The number of nitrogens with two attached hydrogens (primary N) is 1. The first-order valence-corrected chi connectivity index (χ1v) is 13.1. The van der Waals surface area contributed by atoms with Crippen LogP contribution >= 0.6 is 11.6 Å². The molecule has 0 aliphatic heterocycles. The molecule has 4 N–H and O–H groups in total. The average molecular weight is 572 g/mol. The molecular weight excluding hydrogens is 546 g/mol. The summed E-state index contributed by atoms with van der Waals surface area (Å²) in [7, 11) is 1.80. The van der Waals surface area contributed by atoms with Crippen molar-refractivity contribution in [2.24, 2.45) is 7.05 Å². The van der Waals surface area contributed by atoms with E-state index in [0.29, 0.717) is 40.3 Å². The monoisotopic (exact) mass is 571 g/mol. The van der Waals surface area contributed by atoms with E-state index in [1.54, 1.807) is 54.6 Å². The number of halogens is 1. The average Bonchev–Trinajstić information content (AvgIpc) is 3.37. The van der Waals surface area contributed by atoms with Crippen molar-refractivity contribution in [3.8, 4) is 0 Å². The van der Waals surface area contributed by atoms with Crippen molar-refractivity contribution >= 4 is 40.6 Å². The van der Waals surface area contributed by atoms with Crippen LogP contribution < -0.4 is 16.6 Å². The predicted octanol–water partition coefficient (Wildman–Crippen LogP) is 3.08. The van der Waals surface area contributed by atoms with E-state index in [1.807, 2.05) is 18.3 Å². The SMILES string of the molecule is Cn1cc(C2=C(c3cnc(N)nc3)c3cc(C(=O)NCc4ccc(Cl)cc4)c(=O)n(CC(=O)O)c3CCC=C2)cn1. The standard InChI is InChI=1S/C29H26ClN7O4/c1-36-15-19(14-35-36)21-4-2-3-5-24-22(26(21)18-12-33-29(31)34-13-18)10-23(28(41)37(24)16-25(38)39)27(40)32-11-17-6-8-20(30)9-7-17/h2,4,6-10,12-15H,3,5,11,16H2,1H3,(H,32,40)(H,38,39)(H2,31,33,34). The van der Waals surface area contributed by atoms with E-state index in [1.165, 1.54) is 6.07 Å². The molecule has 1 amide bonds. The number of aliphatic carboxylic acids is 1. The van der Waals surface area contributed by atoms with Gasteiger partial charge >= 0.3 is 5.97 Å². The highest BCUT2D eigenvalue weighted by atomic mass is 35.5. The smallest absolute Gasteiger partial charge is 0.323 e. The Labute approximate surface area is 239 Å². The number of benzene rings is 1. The lowest BCUT2D eigenvalue weighted by molar-refractivity contribution is -0.137. The molecule has 1 aliphatic rings. The van der Waals surface area contributed by atoms with Gasteiger partial charge in [0.25, 0.3) is 11.5 Å². The zero-order valence-electron chi connectivity index (χ0n) is 22.0. The maximum Gasteiger partial charge on any atom is 0.323 e. The minimum Gasteiger partial charge on any atom is -0.480 e. The third kappa shape index (κ3) is 5.94. The highest BCUT2D eigenvalue weighted by molar-refractivity contribution is 6.30. The van der Waals surface area contributed by atoms with E-state index in [2.05, 4.69) is 20.4 Å². The Morgan fingerprint density at radius 3 is 2.51 bits per heavy atom. The number of amides is 1. The minimum absolute atomic E-state index is 0.0806. The molecule has 208 valence electrons. The molecule has 4 aromatic rings. The summed E-state index contributed by atoms with van der Waals surface area (Å²) in [6.45, 7) is -0.472. The Hall–Kier alpha value is -5.03. The van der Waals surface area contributed by atoms with Gasteiger partial charge in [0, 0.05) is 65.2 Å². The molecule has 0 saturated heterocycles. The lowest BCUT2D eigenvalue weighted by Gasteiger charge is -2.23. The van der Waals surface area contributed by atoms with Crippen LogP contribution in [0.4, 0.5) is 5.95 Å². The molecule has 3 aromatic heterocycles. The number of carbonyl (C=O) groups is 2. The maximum atomic E-state index is 13.6. The van der Waals surface area contributed by atoms with E-state index >= 15 is 0 Å².